The van der Waals surface area contributed by atoms with E-state index in [1.807, 2.05) is 0 Å². The second kappa shape index (κ2) is 3.94. The van der Waals surface area contributed by atoms with Gasteiger partial charge in [0.05, 0.1) is 5.56 Å². The molecule has 0 bridgehead atoms. The van der Waals surface area contributed by atoms with Gasteiger partial charge in [0.1, 0.15) is 0 Å². The van der Waals surface area contributed by atoms with E-state index in [0.29, 0.717) is 16.2 Å². The maximum Gasteiger partial charge on any atom is 0.416 e. The number of fused-ring (bicyclic) bond motifs is 2. The minimum Gasteiger partial charge on any atom is -0.285 e. The van der Waals surface area contributed by atoms with Crippen LogP contribution in [-0.2, 0) is 6.18 Å². The van der Waals surface area contributed by atoms with Crippen LogP contribution in [0.4, 0.5) is 13.2 Å². The van der Waals surface area contributed by atoms with Crippen LogP contribution in [0.25, 0.3) is 21.5 Å². The molecule has 0 N–H and O–H groups in total. The maximum atomic E-state index is 13.1. The Morgan fingerprint density at radius 1 is 0.773 bits per heavy atom. The SMILES string of the molecule is O=C1C(=O)c2cc3ccccc3c3cc(C(F)(F)F)cc1c23. The standard InChI is InChI=1S/C17H7F3O2/c18-17(19,20)9-6-11-10-4-2-1-3-8(10)5-12-14(11)13(7-9)16(22)15(12)21/h1-7H. The van der Waals surface area contributed by atoms with E-state index in [1.54, 1.807) is 30.3 Å². The van der Waals surface area contributed by atoms with E-state index in [2.05, 4.69) is 0 Å². The number of rotatable bonds is 0. The van der Waals surface area contributed by atoms with Crippen molar-refractivity contribution in [3.05, 3.63) is 59.2 Å². The van der Waals surface area contributed by atoms with E-state index in [1.165, 1.54) is 0 Å². The monoisotopic (exact) mass is 300 g/mol. The lowest BCUT2D eigenvalue weighted by Crippen LogP contribution is -2.09. The lowest BCUT2D eigenvalue weighted by molar-refractivity contribution is -0.137. The molecule has 0 unspecified atom stereocenters. The van der Waals surface area contributed by atoms with Gasteiger partial charge < -0.3 is 0 Å². The summed E-state index contributed by atoms with van der Waals surface area (Å²) in [5.41, 5.74) is -0.890. The van der Waals surface area contributed by atoms with Crippen molar-refractivity contribution in [2.75, 3.05) is 0 Å². The number of halogens is 3. The summed E-state index contributed by atoms with van der Waals surface area (Å²) >= 11 is 0. The van der Waals surface area contributed by atoms with Crippen LogP contribution < -0.4 is 0 Å². The van der Waals surface area contributed by atoms with Crippen LogP contribution in [-0.4, -0.2) is 11.6 Å². The summed E-state index contributed by atoms with van der Waals surface area (Å²) in [6, 6.07) is 10.2. The van der Waals surface area contributed by atoms with E-state index in [4.69, 9.17) is 0 Å². The van der Waals surface area contributed by atoms with Gasteiger partial charge in [0.15, 0.2) is 0 Å². The van der Waals surface area contributed by atoms with Crippen molar-refractivity contribution in [2.45, 2.75) is 6.18 Å². The summed E-state index contributed by atoms with van der Waals surface area (Å²) in [6.07, 6.45) is -4.58. The van der Waals surface area contributed by atoms with Gasteiger partial charge in [-0.25, -0.2) is 0 Å². The minimum atomic E-state index is -4.58. The minimum absolute atomic E-state index is 0.157. The first-order chi connectivity index (χ1) is 10.4. The Morgan fingerprint density at radius 2 is 1.41 bits per heavy atom. The quantitative estimate of drug-likeness (QED) is 0.456. The molecule has 0 heterocycles. The van der Waals surface area contributed by atoms with Crippen LogP contribution in [0.5, 0.6) is 0 Å². The van der Waals surface area contributed by atoms with Crippen LogP contribution in [0.1, 0.15) is 26.3 Å². The highest BCUT2D eigenvalue weighted by Crippen LogP contribution is 2.40. The van der Waals surface area contributed by atoms with Gasteiger partial charge in [-0.1, -0.05) is 24.3 Å². The Labute approximate surface area is 122 Å². The normalized spacial score (nSPS) is 14.3. The zero-order chi connectivity index (χ0) is 15.6. The summed E-state index contributed by atoms with van der Waals surface area (Å²) < 4.78 is 39.2. The van der Waals surface area contributed by atoms with Crippen molar-refractivity contribution in [1.82, 2.24) is 0 Å². The van der Waals surface area contributed by atoms with E-state index < -0.39 is 23.3 Å². The predicted molar refractivity (Wildman–Crippen MR) is 75.1 cm³/mol. The Kier molecular flexibility index (Phi) is 2.33. The molecular weight excluding hydrogens is 293 g/mol. The molecule has 4 rings (SSSR count). The molecule has 0 fully saturated rings. The summed E-state index contributed by atoms with van der Waals surface area (Å²) in [4.78, 5) is 24.1. The lowest BCUT2D eigenvalue weighted by Gasteiger charge is -2.11. The van der Waals surface area contributed by atoms with Gasteiger partial charge in [0.2, 0.25) is 11.6 Å². The van der Waals surface area contributed by atoms with Crippen molar-refractivity contribution >= 4 is 33.1 Å². The average molecular weight is 300 g/mol. The van der Waals surface area contributed by atoms with Gasteiger partial charge in [0.25, 0.3) is 0 Å². The molecule has 22 heavy (non-hydrogen) atoms. The molecule has 3 aromatic rings. The average Bonchev–Trinajstić information content (AvgIpc) is 2.73. The number of Topliss-reactive ketones (excluding diaryl/α,β-unsaturated/α-hetero) is 2. The van der Waals surface area contributed by atoms with Crippen molar-refractivity contribution in [1.29, 1.82) is 0 Å². The molecule has 0 amide bonds. The number of alkyl halides is 3. The largest absolute Gasteiger partial charge is 0.416 e. The summed E-state index contributed by atoms with van der Waals surface area (Å²) in [6.45, 7) is 0. The summed E-state index contributed by atoms with van der Waals surface area (Å²) in [5, 5.41) is 1.84. The zero-order valence-corrected chi connectivity index (χ0v) is 11.0. The third-order valence-corrected chi connectivity index (χ3v) is 3.98. The number of hydrogen-bond acceptors (Lipinski definition) is 2. The van der Waals surface area contributed by atoms with Crippen molar-refractivity contribution in [2.24, 2.45) is 0 Å². The Morgan fingerprint density at radius 3 is 2.09 bits per heavy atom. The molecule has 0 saturated carbocycles. The highest BCUT2D eigenvalue weighted by molar-refractivity contribution is 6.58. The van der Waals surface area contributed by atoms with Gasteiger partial charge >= 0.3 is 6.18 Å². The molecule has 0 spiro atoms. The number of hydrogen-bond donors (Lipinski definition) is 0. The van der Waals surface area contributed by atoms with Gasteiger partial charge in [-0.2, -0.15) is 13.2 Å². The van der Waals surface area contributed by atoms with Crippen LogP contribution >= 0.6 is 0 Å². The second-order valence-corrected chi connectivity index (χ2v) is 5.25. The molecule has 2 nitrogen and oxygen atoms in total. The molecule has 5 heteroatoms. The fourth-order valence-corrected chi connectivity index (χ4v) is 3.01. The number of benzene rings is 3. The van der Waals surface area contributed by atoms with Gasteiger partial charge in [-0.05, 0) is 34.4 Å². The van der Waals surface area contributed by atoms with Gasteiger partial charge in [0, 0.05) is 16.5 Å². The van der Waals surface area contributed by atoms with Gasteiger partial charge in [-0.3, -0.25) is 9.59 Å². The predicted octanol–water partition coefficient (Wildman–Crippen LogP) is 4.39. The molecule has 0 aromatic heterocycles. The topological polar surface area (TPSA) is 34.1 Å². The van der Waals surface area contributed by atoms with E-state index in [-0.39, 0.29) is 16.5 Å². The van der Waals surface area contributed by atoms with Crippen LogP contribution in [0.15, 0.2) is 42.5 Å². The third kappa shape index (κ3) is 1.56. The van der Waals surface area contributed by atoms with Crippen molar-refractivity contribution < 1.29 is 22.8 Å². The molecular formula is C17H7F3O2. The molecule has 3 aromatic carbocycles. The summed E-state index contributed by atoms with van der Waals surface area (Å²) in [5.74, 6) is -1.62. The Hall–Kier alpha value is -2.69. The van der Waals surface area contributed by atoms with E-state index in [0.717, 1.165) is 12.1 Å². The number of ketones is 2. The fraction of sp³-hybridized carbons (Fsp3) is 0.0588. The lowest BCUT2D eigenvalue weighted by atomic mass is 9.95. The highest BCUT2D eigenvalue weighted by atomic mass is 19.4. The third-order valence-electron chi connectivity index (χ3n) is 3.98. The molecule has 1 aliphatic rings. The fourth-order valence-electron chi connectivity index (χ4n) is 3.01. The molecule has 0 atom stereocenters. The Bertz CT molecular complexity index is 1000. The van der Waals surface area contributed by atoms with Crippen LogP contribution in [0.2, 0.25) is 0 Å². The van der Waals surface area contributed by atoms with Gasteiger partial charge in [-0.15, -0.1) is 0 Å². The number of carbonyl (C=O) groups excluding carboxylic acids is 2. The van der Waals surface area contributed by atoms with E-state index >= 15 is 0 Å². The van der Waals surface area contributed by atoms with Crippen LogP contribution in [0, 0.1) is 0 Å². The van der Waals surface area contributed by atoms with Crippen LogP contribution in [0.3, 0.4) is 0 Å². The smallest absolute Gasteiger partial charge is 0.285 e. The second-order valence-electron chi connectivity index (χ2n) is 5.25. The molecule has 108 valence electrons. The molecule has 1 aliphatic carbocycles. The van der Waals surface area contributed by atoms with Crippen molar-refractivity contribution in [3.63, 3.8) is 0 Å². The number of carbonyl (C=O) groups is 2. The molecule has 0 saturated heterocycles. The Balaban J connectivity index is 2.28. The zero-order valence-electron chi connectivity index (χ0n) is 11.0. The first kappa shape index (κ1) is 13.0. The van der Waals surface area contributed by atoms with E-state index in [9.17, 15) is 22.8 Å². The summed E-state index contributed by atoms with van der Waals surface area (Å²) in [7, 11) is 0. The molecule has 0 aliphatic heterocycles. The highest BCUT2D eigenvalue weighted by Gasteiger charge is 2.37. The molecule has 0 radical (unpaired) electrons. The van der Waals surface area contributed by atoms with Crippen molar-refractivity contribution in [3.8, 4) is 0 Å². The first-order valence-corrected chi connectivity index (χ1v) is 6.53. The first-order valence-electron chi connectivity index (χ1n) is 6.53. The maximum absolute atomic E-state index is 13.1.